The number of anilines is 2. The number of amides is 1. The van der Waals surface area contributed by atoms with E-state index in [9.17, 15) is 4.79 Å². The molecule has 0 saturated carbocycles. The summed E-state index contributed by atoms with van der Waals surface area (Å²) in [5.74, 6) is 1.34. The summed E-state index contributed by atoms with van der Waals surface area (Å²) >= 11 is 5.86. The Morgan fingerprint density at radius 1 is 1.19 bits per heavy atom. The molecule has 3 aromatic heterocycles. The van der Waals surface area contributed by atoms with Crippen molar-refractivity contribution in [2.75, 3.05) is 17.3 Å². The number of nitrogens with zero attached hydrogens (tertiary/aromatic N) is 3. The lowest BCUT2D eigenvalue weighted by Crippen LogP contribution is -2.30. The Balaban J connectivity index is 1.58. The smallest absolute Gasteiger partial charge is 0.224 e. The van der Waals surface area contributed by atoms with E-state index < -0.39 is 0 Å². The van der Waals surface area contributed by atoms with E-state index >= 15 is 0 Å². The average molecular weight is 502 g/mol. The predicted octanol–water partition coefficient (Wildman–Crippen LogP) is 5.06. The van der Waals surface area contributed by atoms with Crippen LogP contribution in [0.1, 0.15) is 42.6 Å². The van der Waals surface area contributed by atoms with E-state index in [1.54, 1.807) is 19.6 Å². The third-order valence-electron chi connectivity index (χ3n) is 6.23. The molecule has 8 nitrogen and oxygen atoms in total. The number of pyridine rings is 1. The van der Waals surface area contributed by atoms with Crippen molar-refractivity contribution in [2.24, 2.45) is 0 Å². The zero-order valence-corrected chi connectivity index (χ0v) is 20.9. The Morgan fingerprint density at radius 3 is 2.81 bits per heavy atom. The van der Waals surface area contributed by atoms with Crippen LogP contribution in [0.25, 0.3) is 0 Å². The van der Waals surface area contributed by atoms with Crippen LogP contribution in [0.2, 0.25) is 0 Å². The summed E-state index contributed by atoms with van der Waals surface area (Å²) in [6.07, 6.45) is 5.89. The number of ether oxygens (including phenoxy) is 1. The van der Waals surface area contributed by atoms with Crippen LogP contribution >= 0.6 is 12.2 Å². The molecule has 0 radical (unpaired) electrons. The van der Waals surface area contributed by atoms with Crippen molar-refractivity contribution >= 4 is 34.6 Å². The standard InChI is InChI=1S/C27H27N5O3S/c1-3-24(33)29-20-12-11-18(16-23(20)34-2)32-26(25(30-27(32)36)21-9-4-5-13-28-21)22-10-6-14-31(22)17-19-8-7-15-35-19/h4-16,25-26H,3,17H2,1-2H3,(H,29,33)(H,30,36)/t25-,26+/m0/s1. The lowest BCUT2D eigenvalue weighted by atomic mass is 10.0. The van der Waals surface area contributed by atoms with E-state index in [-0.39, 0.29) is 18.0 Å². The molecule has 1 amide bonds. The van der Waals surface area contributed by atoms with Crippen LogP contribution in [0.4, 0.5) is 11.4 Å². The van der Waals surface area contributed by atoms with Crippen molar-refractivity contribution in [1.82, 2.24) is 14.9 Å². The van der Waals surface area contributed by atoms with Crippen molar-refractivity contribution in [3.63, 3.8) is 0 Å². The lowest BCUT2D eigenvalue weighted by molar-refractivity contribution is -0.115. The van der Waals surface area contributed by atoms with Gasteiger partial charge in [-0.3, -0.25) is 9.78 Å². The molecule has 5 rings (SSSR count). The van der Waals surface area contributed by atoms with E-state index in [1.807, 2.05) is 67.7 Å². The van der Waals surface area contributed by atoms with Crippen LogP contribution in [0, 0.1) is 0 Å². The summed E-state index contributed by atoms with van der Waals surface area (Å²) < 4.78 is 13.4. The van der Waals surface area contributed by atoms with Crippen molar-refractivity contribution in [3.8, 4) is 5.75 Å². The zero-order chi connectivity index (χ0) is 25.1. The molecule has 4 heterocycles. The third kappa shape index (κ3) is 4.57. The van der Waals surface area contributed by atoms with Crippen molar-refractivity contribution in [2.45, 2.75) is 32.0 Å². The number of furan rings is 1. The number of carbonyl (C=O) groups excluding carboxylic acids is 1. The van der Waals surface area contributed by atoms with E-state index in [2.05, 4.69) is 31.2 Å². The number of nitrogens with one attached hydrogen (secondary N) is 2. The summed E-state index contributed by atoms with van der Waals surface area (Å²) in [6, 6.07) is 19.1. The molecule has 4 aromatic rings. The SMILES string of the molecule is CCC(=O)Nc1ccc(N2C(=S)N[C@@H](c3ccccn3)[C@H]2c2cccn2Cc2ccco2)cc1OC. The highest BCUT2D eigenvalue weighted by Crippen LogP contribution is 2.43. The summed E-state index contributed by atoms with van der Waals surface area (Å²) in [5.41, 5.74) is 3.40. The molecular formula is C27H27N5O3S. The average Bonchev–Trinajstić information content (AvgIpc) is 3.65. The number of benzene rings is 1. The van der Waals surface area contributed by atoms with Crippen molar-refractivity contribution in [3.05, 3.63) is 96.5 Å². The first-order valence-electron chi connectivity index (χ1n) is 11.7. The summed E-state index contributed by atoms with van der Waals surface area (Å²) in [4.78, 5) is 18.7. The van der Waals surface area contributed by atoms with Gasteiger partial charge >= 0.3 is 0 Å². The van der Waals surface area contributed by atoms with Gasteiger partial charge in [0.15, 0.2) is 5.11 Å². The monoisotopic (exact) mass is 501 g/mol. The number of carbonyl (C=O) groups is 1. The first-order valence-corrected chi connectivity index (χ1v) is 12.2. The first kappa shape index (κ1) is 23.6. The fourth-order valence-corrected chi connectivity index (χ4v) is 4.86. The molecule has 0 aliphatic carbocycles. The molecule has 9 heteroatoms. The van der Waals surface area contributed by atoms with Crippen LogP contribution in [-0.2, 0) is 11.3 Å². The minimum atomic E-state index is -0.196. The summed E-state index contributed by atoms with van der Waals surface area (Å²) in [5, 5.41) is 6.95. The Hall–Kier alpha value is -4.11. The van der Waals surface area contributed by atoms with Crippen molar-refractivity contribution < 1.29 is 13.9 Å². The third-order valence-corrected chi connectivity index (χ3v) is 6.55. The molecule has 0 bridgehead atoms. The number of thiocarbonyl (C=S) groups is 1. The molecule has 1 saturated heterocycles. The highest BCUT2D eigenvalue weighted by atomic mass is 32.1. The van der Waals surface area contributed by atoms with Crippen LogP contribution in [-0.4, -0.2) is 27.7 Å². The van der Waals surface area contributed by atoms with Crippen LogP contribution in [0.15, 0.2) is 83.7 Å². The molecule has 0 spiro atoms. The maximum atomic E-state index is 12.0. The molecule has 1 aromatic carbocycles. The number of rotatable bonds is 8. The number of hydrogen-bond donors (Lipinski definition) is 2. The fraction of sp³-hybridized carbons (Fsp3) is 0.222. The van der Waals surface area contributed by atoms with Gasteiger partial charge in [0.25, 0.3) is 0 Å². The molecule has 0 unspecified atom stereocenters. The van der Waals surface area contributed by atoms with Gasteiger partial charge in [-0.2, -0.15) is 0 Å². The molecule has 36 heavy (non-hydrogen) atoms. The predicted molar refractivity (Wildman–Crippen MR) is 142 cm³/mol. The number of hydrogen-bond acceptors (Lipinski definition) is 5. The Bertz CT molecular complexity index is 1350. The maximum absolute atomic E-state index is 12.0. The second kappa shape index (κ2) is 10.2. The topological polar surface area (TPSA) is 84.6 Å². The highest BCUT2D eigenvalue weighted by molar-refractivity contribution is 7.80. The fourth-order valence-electron chi connectivity index (χ4n) is 4.52. The molecule has 1 aliphatic heterocycles. The number of methoxy groups -OCH3 is 1. The Labute approximate surface area is 214 Å². The molecule has 184 valence electrons. The van der Waals surface area contributed by atoms with E-state index in [4.69, 9.17) is 21.4 Å². The minimum Gasteiger partial charge on any atom is -0.494 e. The van der Waals surface area contributed by atoms with Gasteiger partial charge < -0.3 is 29.3 Å². The van der Waals surface area contributed by atoms with Gasteiger partial charge in [-0.25, -0.2) is 0 Å². The molecular weight excluding hydrogens is 474 g/mol. The van der Waals surface area contributed by atoms with Crippen LogP contribution < -0.4 is 20.3 Å². The van der Waals surface area contributed by atoms with Gasteiger partial charge in [0.1, 0.15) is 17.6 Å². The van der Waals surface area contributed by atoms with Gasteiger partial charge in [0.2, 0.25) is 5.91 Å². The van der Waals surface area contributed by atoms with E-state index in [0.29, 0.717) is 29.5 Å². The normalized spacial score (nSPS) is 17.2. The van der Waals surface area contributed by atoms with Gasteiger partial charge in [0.05, 0.1) is 37.3 Å². The van der Waals surface area contributed by atoms with Crippen LogP contribution in [0.5, 0.6) is 5.75 Å². The van der Waals surface area contributed by atoms with E-state index in [0.717, 1.165) is 22.8 Å². The molecule has 1 aliphatic rings. The van der Waals surface area contributed by atoms with Crippen molar-refractivity contribution in [1.29, 1.82) is 0 Å². The molecule has 2 N–H and O–H groups in total. The van der Waals surface area contributed by atoms with Gasteiger partial charge in [-0.05, 0) is 60.7 Å². The van der Waals surface area contributed by atoms with Crippen LogP contribution in [0.3, 0.4) is 0 Å². The Kier molecular flexibility index (Phi) is 6.73. The maximum Gasteiger partial charge on any atom is 0.224 e. The second-order valence-electron chi connectivity index (χ2n) is 8.42. The Morgan fingerprint density at radius 2 is 2.08 bits per heavy atom. The highest BCUT2D eigenvalue weighted by Gasteiger charge is 2.42. The lowest BCUT2D eigenvalue weighted by Gasteiger charge is -2.29. The van der Waals surface area contributed by atoms with E-state index in [1.165, 1.54) is 0 Å². The zero-order valence-electron chi connectivity index (χ0n) is 20.0. The molecule has 2 atom stereocenters. The summed E-state index contributed by atoms with van der Waals surface area (Å²) in [7, 11) is 1.59. The summed E-state index contributed by atoms with van der Waals surface area (Å²) in [6.45, 7) is 2.40. The largest absolute Gasteiger partial charge is 0.494 e. The van der Waals surface area contributed by atoms with Gasteiger partial charge in [-0.15, -0.1) is 0 Å². The number of aromatic nitrogens is 2. The molecule has 1 fully saturated rings. The second-order valence-corrected chi connectivity index (χ2v) is 8.81. The van der Waals surface area contributed by atoms with Gasteiger partial charge in [0, 0.05) is 36.3 Å². The quantitative estimate of drug-likeness (QED) is 0.327. The van der Waals surface area contributed by atoms with Gasteiger partial charge in [-0.1, -0.05) is 13.0 Å². The minimum absolute atomic E-state index is 0.0803. The first-order chi connectivity index (χ1) is 17.6.